The molecule has 35 heavy (non-hydrogen) atoms. The van der Waals surface area contributed by atoms with E-state index in [1.165, 1.54) is 18.5 Å². The molecular weight excluding hydrogens is 459 g/mol. The van der Waals surface area contributed by atoms with E-state index >= 15 is 0 Å². The Labute approximate surface area is 201 Å². The number of aromatic nitrogens is 2. The number of amidine groups is 1. The summed E-state index contributed by atoms with van der Waals surface area (Å²) < 4.78 is 25.0. The van der Waals surface area contributed by atoms with Crippen LogP contribution in [0.1, 0.15) is 32.8 Å². The number of nitrogens with two attached hydrogens (primary N) is 1. The summed E-state index contributed by atoms with van der Waals surface area (Å²) in [6.07, 6.45) is 2.65. The van der Waals surface area contributed by atoms with E-state index < -0.39 is 23.4 Å². The van der Waals surface area contributed by atoms with Crippen LogP contribution in [0.15, 0.2) is 35.7 Å². The normalized spacial score (nSPS) is 13.0. The quantitative estimate of drug-likeness (QED) is 0.235. The molecule has 0 atom stereocenters. The molecular formula is C23H27FN6O5. The molecule has 1 aromatic carbocycles. The van der Waals surface area contributed by atoms with Gasteiger partial charge < -0.3 is 24.9 Å². The number of halogens is 1. The number of hydrogen-bond donors (Lipinski definition) is 2. The molecule has 0 aliphatic carbocycles. The molecule has 0 radical (unpaired) electrons. The van der Waals surface area contributed by atoms with E-state index in [0.717, 1.165) is 5.71 Å². The molecule has 12 heteroatoms. The fraction of sp³-hybridized carbons (Fsp3) is 0.391. The number of carbonyl (C=O) groups is 2. The minimum absolute atomic E-state index is 0.179. The van der Waals surface area contributed by atoms with Gasteiger partial charge in [-0.15, -0.1) is 0 Å². The Morgan fingerprint density at radius 1 is 1.20 bits per heavy atom. The zero-order chi connectivity index (χ0) is 25.6. The van der Waals surface area contributed by atoms with Crippen LogP contribution in [0.3, 0.4) is 0 Å². The van der Waals surface area contributed by atoms with Crippen molar-refractivity contribution >= 4 is 29.4 Å². The van der Waals surface area contributed by atoms with Gasteiger partial charge in [0.2, 0.25) is 12.6 Å². The largest absolute Gasteiger partial charge is 0.460 e. The van der Waals surface area contributed by atoms with E-state index in [2.05, 4.69) is 15.1 Å². The van der Waals surface area contributed by atoms with Crippen LogP contribution in [-0.2, 0) is 30.5 Å². The maximum Gasteiger partial charge on any atom is 0.347 e. The van der Waals surface area contributed by atoms with Gasteiger partial charge >= 0.3 is 11.9 Å². The van der Waals surface area contributed by atoms with Crippen molar-refractivity contribution < 1.29 is 28.3 Å². The highest BCUT2D eigenvalue weighted by Gasteiger charge is 2.25. The fourth-order valence-electron chi connectivity index (χ4n) is 3.04. The average Bonchev–Trinajstić information content (AvgIpc) is 2.73. The zero-order valence-corrected chi connectivity index (χ0v) is 19.7. The molecule has 0 amide bonds. The number of carbonyl (C=O) groups excluding carboxylic acids is 2. The van der Waals surface area contributed by atoms with E-state index in [1.54, 1.807) is 32.9 Å². The zero-order valence-electron chi connectivity index (χ0n) is 19.7. The lowest BCUT2D eigenvalue weighted by Crippen LogP contribution is -2.48. The van der Waals surface area contributed by atoms with Crippen molar-refractivity contribution in [3.8, 4) is 11.1 Å². The standard InChI is InChI=1S/C23H27FN6O5/c1-23(2,3)35-20(32)13-34-29-16-10-30(11-16)22-27-8-15(9-28-22)17-6-4-5-14(21(17)24)12-33-19(31)7-18(25)26/h4-6,8-9H,7,10-13H2,1-3H3,(H3,25,26). The number of nitrogens with one attached hydrogen (secondary N) is 1. The van der Waals surface area contributed by atoms with E-state index in [4.69, 9.17) is 25.5 Å². The Balaban J connectivity index is 1.54. The highest BCUT2D eigenvalue weighted by molar-refractivity contribution is 5.98. The van der Waals surface area contributed by atoms with Gasteiger partial charge in [0.15, 0.2) is 0 Å². The van der Waals surface area contributed by atoms with E-state index in [9.17, 15) is 14.0 Å². The number of benzene rings is 1. The lowest BCUT2D eigenvalue weighted by Gasteiger charge is -2.31. The second-order valence-electron chi connectivity index (χ2n) is 8.79. The number of anilines is 1. The van der Waals surface area contributed by atoms with Crippen molar-refractivity contribution in [2.24, 2.45) is 10.9 Å². The predicted octanol–water partition coefficient (Wildman–Crippen LogP) is 2.19. The van der Waals surface area contributed by atoms with E-state index in [1.807, 2.05) is 4.90 Å². The molecule has 0 spiro atoms. The molecule has 3 rings (SSSR count). The molecule has 0 saturated carbocycles. The van der Waals surface area contributed by atoms with Gasteiger partial charge in [-0.05, 0) is 20.8 Å². The SMILES string of the molecule is CC(C)(C)OC(=O)CON=C1CN(c2ncc(-c3cccc(COC(=O)CC(=N)N)c3F)cn2)C1. The molecule has 0 bridgehead atoms. The number of hydrogen-bond acceptors (Lipinski definition) is 10. The minimum atomic E-state index is -0.706. The molecule has 11 nitrogen and oxygen atoms in total. The van der Waals surface area contributed by atoms with Gasteiger partial charge in [-0.1, -0.05) is 23.4 Å². The summed E-state index contributed by atoms with van der Waals surface area (Å²) in [5.41, 5.74) is 6.19. The highest BCUT2D eigenvalue weighted by Crippen LogP contribution is 2.26. The van der Waals surface area contributed by atoms with Crippen molar-refractivity contribution in [2.75, 3.05) is 24.6 Å². The highest BCUT2D eigenvalue weighted by atomic mass is 19.1. The van der Waals surface area contributed by atoms with Crippen molar-refractivity contribution in [1.82, 2.24) is 9.97 Å². The number of esters is 2. The molecule has 1 aliphatic heterocycles. The van der Waals surface area contributed by atoms with Gasteiger partial charge in [0.1, 0.15) is 30.3 Å². The van der Waals surface area contributed by atoms with Crippen molar-refractivity contribution in [2.45, 2.75) is 39.4 Å². The third-order valence-corrected chi connectivity index (χ3v) is 4.58. The van der Waals surface area contributed by atoms with Crippen LogP contribution in [0, 0.1) is 11.2 Å². The van der Waals surface area contributed by atoms with Crippen molar-refractivity contribution in [3.63, 3.8) is 0 Å². The van der Waals surface area contributed by atoms with Crippen LogP contribution < -0.4 is 10.6 Å². The maximum atomic E-state index is 14.9. The van der Waals surface area contributed by atoms with Crippen molar-refractivity contribution in [1.29, 1.82) is 5.41 Å². The van der Waals surface area contributed by atoms with Crippen molar-refractivity contribution in [3.05, 3.63) is 42.0 Å². The third kappa shape index (κ3) is 7.45. The summed E-state index contributed by atoms with van der Waals surface area (Å²) in [5, 5.41) is 11.0. The third-order valence-electron chi connectivity index (χ3n) is 4.58. The van der Waals surface area contributed by atoms with Gasteiger partial charge in [0.25, 0.3) is 0 Å². The van der Waals surface area contributed by atoms with Crippen LogP contribution in [-0.4, -0.2) is 58.8 Å². The molecule has 2 aromatic rings. The summed E-state index contributed by atoms with van der Waals surface area (Å²) in [6, 6.07) is 4.71. The molecule has 3 N–H and O–H groups in total. The Morgan fingerprint density at radius 3 is 2.51 bits per heavy atom. The second-order valence-corrected chi connectivity index (χ2v) is 8.79. The first-order valence-corrected chi connectivity index (χ1v) is 10.7. The lowest BCUT2D eigenvalue weighted by molar-refractivity contribution is -0.160. The molecule has 1 aromatic heterocycles. The lowest BCUT2D eigenvalue weighted by atomic mass is 10.1. The first kappa shape index (κ1) is 25.5. The summed E-state index contributed by atoms with van der Waals surface area (Å²) in [4.78, 5) is 38.6. The summed E-state index contributed by atoms with van der Waals surface area (Å²) >= 11 is 0. The maximum absolute atomic E-state index is 14.9. The first-order chi connectivity index (χ1) is 16.5. The van der Waals surface area contributed by atoms with Crippen LogP contribution >= 0.6 is 0 Å². The minimum Gasteiger partial charge on any atom is -0.460 e. The van der Waals surface area contributed by atoms with Crippen LogP contribution in [0.4, 0.5) is 10.3 Å². The Kier molecular flexibility index (Phi) is 7.94. The second kappa shape index (κ2) is 10.9. The predicted molar refractivity (Wildman–Crippen MR) is 125 cm³/mol. The topological polar surface area (TPSA) is 153 Å². The van der Waals surface area contributed by atoms with Crippen LogP contribution in [0.5, 0.6) is 0 Å². The molecule has 0 unspecified atom stereocenters. The van der Waals surface area contributed by atoms with Crippen LogP contribution in [0.25, 0.3) is 11.1 Å². The number of nitrogens with zero attached hydrogens (tertiary/aromatic N) is 4. The van der Waals surface area contributed by atoms with E-state index in [0.29, 0.717) is 24.6 Å². The molecule has 1 aliphatic rings. The van der Waals surface area contributed by atoms with Crippen LogP contribution in [0.2, 0.25) is 0 Å². The molecule has 2 heterocycles. The average molecular weight is 487 g/mol. The Bertz CT molecular complexity index is 1120. The molecule has 1 fully saturated rings. The van der Waals surface area contributed by atoms with Gasteiger partial charge in [-0.3, -0.25) is 10.2 Å². The summed E-state index contributed by atoms with van der Waals surface area (Å²) in [5.74, 6) is -1.64. The van der Waals surface area contributed by atoms with Gasteiger partial charge in [-0.25, -0.2) is 19.2 Å². The van der Waals surface area contributed by atoms with E-state index in [-0.39, 0.29) is 36.6 Å². The van der Waals surface area contributed by atoms with Gasteiger partial charge in [0.05, 0.1) is 18.8 Å². The smallest absolute Gasteiger partial charge is 0.347 e. The first-order valence-electron chi connectivity index (χ1n) is 10.7. The summed E-state index contributed by atoms with van der Waals surface area (Å²) in [6.45, 7) is 5.63. The summed E-state index contributed by atoms with van der Waals surface area (Å²) in [7, 11) is 0. The number of rotatable bonds is 9. The Hall–Kier alpha value is -4.09. The number of ether oxygens (including phenoxy) is 2. The fourth-order valence-corrected chi connectivity index (χ4v) is 3.04. The monoisotopic (exact) mass is 486 g/mol. The molecule has 1 saturated heterocycles. The van der Waals surface area contributed by atoms with Gasteiger partial charge in [0, 0.05) is 29.1 Å². The Morgan fingerprint density at radius 2 is 1.89 bits per heavy atom. The van der Waals surface area contributed by atoms with Gasteiger partial charge in [-0.2, -0.15) is 0 Å². The number of oxime groups is 1. The molecule has 186 valence electrons.